The Morgan fingerprint density at radius 2 is 2.19 bits per heavy atom. The molecule has 0 unspecified atom stereocenters. The number of ether oxygens (including phenoxy) is 1. The molecule has 0 spiro atoms. The fraction of sp³-hybridized carbons (Fsp3) is 0.312. The number of benzene rings is 1. The van der Waals surface area contributed by atoms with Gasteiger partial charge in [0, 0.05) is 29.1 Å². The van der Waals surface area contributed by atoms with Gasteiger partial charge in [-0.2, -0.15) is 0 Å². The van der Waals surface area contributed by atoms with E-state index in [1.807, 2.05) is 18.2 Å². The molecule has 112 valence electrons. The standard InChI is InChI=1S/C16H20N2OS2/c1-18(8-7-14-4-3-9-21-14)11-13-10-12(16(17)20)5-6-15(13)19-2/h3-6,9-10H,7-8,11H2,1-2H3,(H2,17,20). The molecule has 1 heterocycles. The van der Waals surface area contributed by atoms with Crippen LogP contribution < -0.4 is 10.5 Å². The van der Waals surface area contributed by atoms with Crippen molar-refractivity contribution in [3.63, 3.8) is 0 Å². The van der Waals surface area contributed by atoms with E-state index in [-0.39, 0.29) is 0 Å². The lowest BCUT2D eigenvalue weighted by Gasteiger charge is -2.18. The van der Waals surface area contributed by atoms with Gasteiger partial charge in [-0.1, -0.05) is 18.3 Å². The molecule has 0 saturated heterocycles. The van der Waals surface area contributed by atoms with Crippen LogP contribution in [0.3, 0.4) is 0 Å². The molecule has 1 aromatic carbocycles. The van der Waals surface area contributed by atoms with Crippen molar-refractivity contribution in [3.05, 3.63) is 51.7 Å². The van der Waals surface area contributed by atoms with Gasteiger partial charge in [0.05, 0.1) is 7.11 Å². The summed E-state index contributed by atoms with van der Waals surface area (Å²) in [4.78, 5) is 4.10. The predicted octanol–water partition coefficient (Wildman–Crippen LogP) is 3.07. The largest absolute Gasteiger partial charge is 0.496 e. The van der Waals surface area contributed by atoms with Gasteiger partial charge >= 0.3 is 0 Å². The van der Waals surface area contributed by atoms with E-state index in [0.29, 0.717) is 4.99 Å². The molecular formula is C16H20N2OS2. The van der Waals surface area contributed by atoms with Crippen LogP contribution in [0.5, 0.6) is 5.75 Å². The number of nitrogens with zero attached hydrogens (tertiary/aromatic N) is 1. The molecule has 0 saturated carbocycles. The van der Waals surface area contributed by atoms with Gasteiger partial charge in [-0.25, -0.2) is 0 Å². The minimum atomic E-state index is 0.417. The lowest BCUT2D eigenvalue weighted by atomic mass is 10.1. The maximum atomic E-state index is 5.71. The first-order valence-electron chi connectivity index (χ1n) is 6.78. The lowest BCUT2D eigenvalue weighted by molar-refractivity contribution is 0.321. The maximum Gasteiger partial charge on any atom is 0.123 e. The monoisotopic (exact) mass is 320 g/mol. The summed E-state index contributed by atoms with van der Waals surface area (Å²) in [6, 6.07) is 10.1. The van der Waals surface area contributed by atoms with Gasteiger partial charge in [0.1, 0.15) is 10.7 Å². The van der Waals surface area contributed by atoms with Crippen LogP contribution >= 0.6 is 23.6 Å². The molecule has 1 aromatic heterocycles. The average Bonchev–Trinajstić information content (AvgIpc) is 2.98. The zero-order valence-electron chi connectivity index (χ0n) is 12.3. The molecule has 0 aliphatic rings. The number of thiocarbonyl (C=S) groups is 1. The minimum absolute atomic E-state index is 0.417. The van der Waals surface area contributed by atoms with Gasteiger partial charge in [0.25, 0.3) is 0 Å². The zero-order chi connectivity index (χ0) is 15.2. The van der Waals surface area contributed by atoms with E-state index >= 15 is 0 Å². The molecule has 2 N–H and O–H groups in total. The van der Waals surface area contributed by atoms with Gasteiger partial charge < -0.3 is 15.4 Å². The number of rotatable bonds is 7. The highest BCUT2D eigenvalue weighted by atomic mass is 32.1. The number of methoxy groups -OCH3 is 1. The SMILES string of the molecule is COc1ccc(C(N)=S)cc1CN(C)CCc1cccs1. The predicted molar refractivity (Wildman–Crippen MR) is 93.2 cm³/mol. The van der Waals surface area contributed by atoms with Crippen LogP contribution in [0.25, 0.3) is 0 Å². The molecule has 3 nitrogen and oxygen atoms in total. The third-order valence-electron chi connectivity index (χ3n) is 3.33. The average molecular weight is 320 g/mol. The van der Waals surface area contributed by atoms with Crippen LogP contribution in [-0.2, 0) is 13.0 Å². The van der Waals surface area contributed by atoms with E-state index in [1.165, 1.54) is 4.88 Å². The van der Waals surface area contributed by atoms with E-state index in [1.54, 1.807) is 18.4 Å². The molecule has 0 radical (unpaired) electrons. The van der Waals surface area contributed by atoms with Crippen LogP contribution in [0.4, 0.5) is 0 Å². The third-order valence-corrected chi connectivity index (χ3v) is 4.50. The molecule has 0 aliphatic carbocycles. The molecule has 2 rings (SSSR count). The van der Waals surface area contributed by atoms with Crippen molar-refractivity contribution in [2.45, 2.75) is 13.0 Å². The number of likely N-dealkylation sites (N-methyl/N-ethyl adjacent to an activating group) is 1. The zero-order valence-corrected chi connectivity index (χ0v) is 14.0. The van der Waals surface area contributed by atoms with Crippen molar-refractivity contribution in [1.82, 2.24) is 4.90 Å². The van der Waals surface area contributed by atoms with E-state index in [0.717, 1.165) is 36.4 Å². The third kappa shape index (κ3) is 4.52. The highest BCUT2D eigenvalue weighted by molar-refractivity contribution is 7.80. The van der Waals surface area contributed by atoms with Crippen molar-refractivity contribution in [1.29, 1.82) is 0 Å². The van der Waals surface area contributed by atoms with Crippen LogP contribution in [0.2, 0.25) is 0 Å². The molecule has 0 bridgehead atoms. The summed E-state index contributed by atoms with van der Waals surface area (Å²) in [6.07, 6.45) is 1.06. The maximum absolute atomic E-state index is 5.71. The molecule has 0 amide bonds. The first-order valence-corrected chi connectivity index (χ1v) is 8.06. The van der Waals surface area contributed by atoms with E-state index in [9.17, 15) is 0 Å². The Morgan fingerprint density at radius 3 is 2.81 bits per heavy atom. The lowest BCUT2D eigenvalue weighted by Crippen LogP contribution is -2.21. The summed E-state index contributed by atoms with van der Waals surface area (Å²) in [5.41, 5.74) is 7.70. The fourth-order valence-electron chi connectivity index (χ4n) is 2.18. The van der Waals surface area contributed by atoms with Crippen molar-refractivity contribution >= 4 is 28.5 Å². The minimum Gasteiger partial charge on any atom is -0.496 e. The van der Waals surface area contributed by atoms with Crippen molar-refractivity contribution in [2.75, 3.05) is 20.7 Å². The number of hydrogen-bond acceptors (Lipinski definition) is 4. The first kappa shape index (κ1) is 15.9. The topological polar surface area (TPSA) is 38.5 Å². The van der Waals surface area contributed by atoms with E-state index in [2.05, 4.69) is 29.5 Å². The quantitative estimate of drug-likeness (QED) is 0.796. The Labute approximate surface area is 135 Å². The Hall–Kier alpha value is -1.43. The number of thiophene rings is 1. The van der Waals surface area contributed by atoms with E-state index < -0.39 is 0 Å². The molecule has 2 aromatic rings. The number of hydrogen-bond donors (Lipinski definition) is 1. The van der Waals surface area contributed by atoms with Crippen LogP contribution in [-0.4, -0.2) is 30.6 Å². The van der Waals surface area contributed by atoms with Gasteiger partial charge in [-0.15, -0.1) is 11.3 Å². The molecular weight excluding hydrogens is 300 g/mol. The summed E-state index contributed by atoms with van der Waals surface area (Å²) in [6.45, 7) is 1.81. The molecule has 5 heteroatoms. The highest BCUT2D eigenvalue weighted by Gasteiger charge is 2.09. The number of nitrogens with two attached hydrogens (primary N) is 1. The normalized spacial score (nSPS) is 10.8. The molecule has 21 heavy (non-hydrogen) atoms. The van der Waals surface area contributed by atoms with Crippen LogP contribution in [0, 0.1) is 0 Å². The summed E-state index contributed by atoms with van der Waals surface area (Å²) in [5, 5.41) is 2.12. The van der Waals surface area contributed by atoms with Gasteiger partial charge in [0.2, 0.25) is 0 Å². The van der Waals surface area contributed by atoms with Crippen molar-refractivity contribution in [2.24, 2.45) is 5.73 Å². The van der Waals surface area contributed by atoms with Gasteiger partial charge in [0.15, 0.2) is 0 Å². The summed E-state index contributed by atoms with van der Waals surface area (Å²) in [5.74, 6) is 0.873. The second-order valence-electron chi connectivity index (χ2n) is 4.96. The summed E-state index contributed by atoms with van der Waals surface area (Å²) < 4.78 is 5.42. The molecule has 0 aliphatic heterocycles. The Balaban J connectivity index is 2.02. The Bertz CT molecular complexity index is 596. The molecule has 0 fully saturated rings. The highest BCUT2D eigenvalue weighted by Crippen LogP contribution is 2.21. The second-order valence-corrected chi connectivity index (χ2v) is 6.43. The van der Waals surface area contributed by atoms with E-state index in [4.69, 9.17) is 22.7 Å². The van der Waals surface area contributed by atoms with Crippen molar-refractivity contribution < 1.29 is 4.74 Å². The van der Waals surface area contributed by atoms with Crippen LogP contribution in [0.15, 0.2) is 35.7 Å². The van der Waals surface area contributed by atoms with Gasteiger partial charge in [-0.05, 0) is 43.1 Å². The van der Waals surface area contributed by atoms with Crippen molar-refractivity contribution in [3.8, 4) is 5.75 Å². The summed E-state index contributed by atoms with van der Waals surface area (Å²) >= 11 is 6.84. The summed E-state index contributed by atoms with van der Waals surface area (Å²) in [7, 11) is 3.80. The second kappa shape index (κ2) is 7.54. The Kier molecular flexibility index (Phi) is 5.73. The molecule has 0 atom stereocenters. The fourth-order valence-corrected chi connectivity index (χ4v) is 3.01. The van der Waals surface area contributed by atoms with Crippen LogP contribution in [0.1, 0.15) is 16.0 Å². The Morgan fingerprint density at radius 1 is 1.38 bits per heavy atom. The van der Waals surface area contributed by atoms with Gasteiger partial charge in [-0.3, -0.25) is 0 Å². The smallest absolute Gasteiger partial charge is 0.123 e. The first-order chi connectivity index (χ1) is 10.1.